The average Bonchev–Trinajstić information content (AvgIpc) is 2.92. The standard InChI is InChI=1S/C25H32N2O6S/c1-3-5-13-25(4-2)17-27(19-9-7-6-8-10-19)21-14-20(11-12-22(21)34(31,32)18-25)33-16-23(28)26-15-24(29)30/h6-12,14H,3-5,13,15-18H2,1-2H3,(H,26,28)(H,29,30). The summed E-state index contributed by atoms with van der Waals surface area (Å²) in [5, 5.41) is 10.9. The first-order chi connectivity index (χ1) is 16.2. The predicted molar refractivity (Wildman–Crippen MR) is 130 cm³/mol. The molecule has 1 amide bonds. The van der Waals surface area contributed by atoms with Gasteiger partial charge < -0.3 is 20.1 Å². The number of benzene rings is 2. The van der Waals surface area contributed by atoms with E-state index in [2.05, 4.69) is 19.2 Å². The number of hydrogen-bond acceptors (Lipinski definition) is 6. The molecule has 0 aliphatic carbocycles. The van der Waals surface area contributed by atoms with Crippen molar-refractivity contribution in [2.45, 2.75) is 44.4 Å². The van der Waals surface area contributed by atoms with Crippen molar-refractivity contribution in [2.75, 3.05) is 30.3 Å². The molecule has 0 radical (unpaired) electrons. The number of para-hydroxylation sites is 1. The highest BCUT2D eigenvalue weighted by Crippen LogP contribution is 2.45. The Morgan fingerprint density at radius 3 is 2.53 bits per heavy atom. The van der Waals surface area contributed by atoms with E-state index in [9.17, 15) is 18.0 Å². The second kappa shape index (κ2) is 10.9. The summed E-state index contributed by atoms with van der Waals surface area (Å²) in [4.78, 5) is 24.8. The number of fused-ring (bicyclic) bond motifs is 1. The van der Waals surface area contributed by atoms with Gasteiger partial charge in [-0.05, 0) is 37.1 Å². The minimum absolute atomic E-state index is 0.0740. The molecular weight excluding hydrogens is 456 g/mol. The maximum atomic E-state index is 13.5. The van der Waals surface area contributed by atoms with Gasteiger partial charge >= 0.3 is 5.97 Å². The van der Waals surface area contributed by atoms with Crippen LogP contribution in [0.1, 0.15) is 39.5 Å². The number of carboxylic acid groups (broad SMARTS) is 1. The molecular formula is C25H32N2O6S. The van der Waals surface area contributed by atoms with Gasteiger partial charge in [0, 0.05) is 23.7 Å². The number of hydrogen-bond donors (Lipinski definition) is 2. The lowest BCUT2D eigenvalue weighted by Crippen LogP contribution is -2.37. The van der Waals surface area contributed by atoms with E-state index in [1.54, 1.807) is 6.07 Å². The van der Waals surface area contributed by atoms with E-state index in [-0.39, 0.29) is 17.3 Å². The fourth-order valence-corrected chi connectivity index (χ4v) is 6.48. The van der Waals surface area contributed by atoms with Crippen molar-refractivity contribution in [3.05, 3.63) is 48.5 Å². The Hall–Kier alpha value is -3.07. The Morgan fingerprint density at radius 1 is 1.15 bits per heavy atom. The van der Waals surface area contributed by atoms with Gasteiger partial charge in [0.2, 0.25) is 0 Å². The third-order valence-corrected chi connectivity index (χ3v) is 8.24. The number of anilines is 2. The molecule has 9 heteroatoms. The molecule has 1 aliphatic rings. The summed E-state index contributed by atoms with van der Waals surface area (Å²) in [7, 11) is -3.58. The zero-order chi connectivity index (χ0) is 24.8. The Balaban J connectivity index is 2.01. The molecule has 0 saturated heterocycles. The van der Waals surface area contributed by atoms with Crippen LogP contribution >= 0.6 is 0 Å². The van der Waals surface area contributed by atoms with E-state index in [4.69, 9.17) is 9.84 Å². The number of rotatable bonds is 10. The van der Waals surface area contributed by atoms with Crippen LogP contribution in [-0.2, 0) is 19.4 Å². The predicted octanol–water partition coefficient (Wildman–Crippen LogP) is 3.78. The van der Waals surface area contributed by atoms with E-state index in [0.717, 1.165) is 31.4 Å². The number of ether oxygens (including phenoxy) is 1. The molecule has 0 fully saturated rings. The van der Waals surface area contributed by atoms with Gasteiger partial charge in [-0.25, -0.2) is 8.42 Å². The summed E-state index contributed by atoms with van der Waals surface area (Å²) in [6.07, 6.45) is 3.48. The van der Waals surface area contributed by atoms with E-state index in [0.29, 0.717) is 18.0 Å². The van der Waals surface area contributed by atoms with E-state index < -0.39 is 33.7 Å². The molecule has 2 N–H and O–H groups in total. The van der Waals surface area contributed by atoms with Crippen LogP contribution in [0.15, 0.2) is 53.4 Å². The van der Waals surface area contributed by atoms with Crippen LogP contribution < -0.4 is 15.0 Å². The normalized spacial score (nSPS) is 19.1. The van der Waals surface area contributed by atoms with Gasteiger partial charge in [-0.1, -0.05) is 44.9 Å². The third-order valence-electron chi connectivity index (χ3n) is 6.23. The van der Waals surface area contributed by atoms with E-state index in [1.807, 2.05) is 35.2 Å². The number of nitrogens with one attached hydrogen (secondary N) is 1. The molecule has 0 aromatic heterocycles. The monoisotopic (exact) mass is 488 g/mol. The molecule has 2 aromatic carbocycles. The molecule has 1 heterocycles. The van der Waals surface area contributed by atoms with Gasteiger partial charge in [-0.3, -0.25) is 9.59 Å². The Morgan fingerprint density at radius 2 is 1.88 bits per heavy atom. The third kappa shape index (κ3) is 6.08. The highest BCUT2D eigenvalue weighted by Gasteiger charge is 2.41. The lowest BCUT2D eigenvalue weighted by Gasteiger charge is -2.36. The number of carboxylic acids is 1. The van der Waals surface area contributed by atoms with Gasteiger partial charge in [-0.15, -0.1) is 0 Å². The summed E-state index contributed by atoms with van der Waals surface area (Å²) in [5.74, 6) is -1.32. The van der Waals surface area contributed by atoms with Gasteiger partial charge in [0.15, 0.2) is 16.4 Å². The van der Waals surface area contributed by atoms with Gasteiger partial charge in [0.05, 0.1) is 16.3 Å². The summed E-state index contributed by atoms with van der Waals surface area (Å²) in [6, 6.07) is 14.4. The molecule has 8 nitrogen and oxygen atoms in total. The van der Waals surface area contributed by atoms with E-state index >= 15 is 0 Å². The van der Waals surface area contributed by atoms with Gasteiger partial charge in [0.25, 0.3) is 5.91 Å². The topological polar surface area (TPSA) is 113 Å². The van der Waals surface area contributed by atoms with Crippen LogP contribution in [0, 0.1) is 5.41 Å². The Bertz CT molecular complexity index is 1120. The molecule has 1 unspecified atom stereocenters. The van der Waals surface area contributed by atoms with Crippen molar-refractivity contribution in [3.8, 4) is 5.75 Å². The fraction of sp³-hybridized carbons (Fsp3) is 0.440. The first-order valence-corrected chi connectivity index (χ1v) is 13.2. The van der Waals surface area contributed by atoms with Crippen LogP contribution in [0.2, 0.25) is 0 Å². The fourth-order valence-electron chi connectivity index (χ4n) is 4.31. The van der Waals surface area contributed by atoms with Crippen LogP contribution in [0.25, 0.3) is 0 Å². The molecule has 0 spiro atoms. The Kier molecular flexibility index (Phi) is 8.19. The summed E-state index contributed by atoms with van der Waals surface area (Å²) in [6.45, 7) is 3.83. The average molecular weight is 489 g/mol. The molecule has 0 bridgehead atoms. The van der Waals surface area contributed by atoms with Crippen molar-refractivity contribution in [1.29, 1.82) is 0 Å². The van der Waals surface area contributed by atoms with Crippen LogP contribution in [-0.4, -0.2) is 50.9 Å². The first kappa shape index (κ1) is 25.6. The molecule has 184 valence electrons. The van der Waals surface area contributed by atoms with Crippen LogP contribution in [0.5, 0.6) is 5.75 Å². The smallest absolute Gasteiger partial charge is 0.322 e. The molecule has 3 rings (SSSR count). The summed E-state index contributed by atoms with van der Waals surface area (Å²) in [5.41, 5.74) is 0.995. The minimum Gasteiger partial charge on any atom is -0.484 e. The summed E-state index contributed by atoms with van der Waals surface area (Å²) >= 11 is 0. The van der Waals surface area contributed by atoms with Crippen molar-refractivity contribution >= 4 is 33.1 Å². The van der Waals surface area contributed by atoms with Crippen LogP contribution in [0.3, 0.4) is 0 Å². The lowest BCUT2D eigenvalue weighted by atomic mass is 9.81. The number of amides is 1. The zero-order valence-corrected chi connectivity index (χ0v) is 20.4. The number of aliphatic carboxylic acids is 1. The number of nitrogens with zero attached hydrogens (tertiary/aromatic N) is 1. The second-order valence-electron chi connectivity index (χ2n) is 8.73. The maximum Gasteiger partial charge on any atom is 0.322 e. The number of sulfone groups is 1. The number of carbonyl (C=O) groups is 2. The van der Waals surface area contributed by atoms with Gasteiger partial charge in [0.1, 0.15) is 12.3 Å². The van der Waals surface area contributed by atoms with E-state index in [1.165, 1.54) is 12.1 Å². The van der Waals surface area contributed by atoms with Crippen LogP contribution in [0.4, 0.5) is 11.4 Å². The highest BCUT2D eigenvalue weighted by molar-refractivity contribution is 7.91. The molecule has 34 heavy (non-hydrogen) atoms. The van der Waals surface area contributed by atoms with Crippen molar-refractivity contribution in [3.63, 3.8) is 0 Å². The van der Waals surface area contributed by atoms with Crippen molar-refractivity contribution in [1.82, 2.24) is 5.32 Å². The number of carbonyl (C=O) groups excluding carboxylic acids is 1. The first-order valence-electron chi connectivity index (χ1n) is 11.5. The number of unbranched alkanes of at least 4 members (excludes halogenated alkanes) is 1. The largest absolute Gasteiger partial charge is 0.484 e. The lowest BCUT2D eigenvalue weighted by molar-refractivity contribution is -0.138. The van der Waals surface area contributed by atoms with Crippen molar-refractivity contribution in [2.24, 2.45) is 5.41 Å². The zero-order valence-electron chi connectivity index (χ0n) is 19.6. The second-order valence-corrected chi connectivity index (χ2v) is 10.7. The SMILES string of the molecule is CCCCC1(CC)CN(c2ccccc2)c2cc(OCC(=O)NCC(=O)O)ccc2S(=O)(=O)C1. The Labute approximate surface area is 200 Å². The maximum absolute atomic E-state index is 13.5. The quantitative estimate of drug-likeness (QED) is 0.523. The molecule has 1 atom stereocenters. The van der Waals surface area contributed by atoms with Gasteiger partial charge in [-0.2, -0.15) is 0 Å². The molecule has 1 aliphatic heterocycles. The summed E-state index contributed by atoms with van der Waals surface area (Å²) < 4.78 is 32.7. The molecule has 2 aromatic rings. The minimum atomic E-state index is -3.58. The van der Waals surface area contributed by atoms with Crippen molar-refractivity contribution < 1.29 is 27.9 Å². The molecule has 0 saturated carbocycles. The highest BCUT2D eigenvalue weighted by atomic mass is 32.2.